The molecule has 0 atom stereocenters. The Morgan fingerprint density at radius 2 is 1.12 bits per heavy atom. The van der Waals surface area contributed by atoms with E-state index in [1.807, 2.05) is 0 Å². The van der Waals surface area contributed by atoms with E-state index >= 15 is 0 Å². The first kappa shape index (κ1) is 31.9. The third kappa shape index (κ3) is 4.96. The van der Waals surface area contributed by atoms with Crippen molar-refractivity contribution in [2.45, 2.75) is 41.5 Å². The van der Waals surface area contributed by atoms with Gasteiger partial charge in [0.1, 0.15) is 0 Å². The fourth-order valence-electron chi connectivity index (χ4n) is 7.86. The molecule has 0 aliphatic carbocycles. The fourth-order valence-corrected chi connectivity index (χ4v) is 7.86. The monoisotopic (exact) mass is 799 g/mol. The molecule has 0 spiro atoms. The van der Waals surface area contributed by atoms with Crippen LogP contribution in [0.25, 0.3) is 28.1 Å². The zero-order chi connectivity index (χ0) is 32.4. The summed E-state index contributed by atoms with van der Waals surface area (Å²) in [5, 5.41) is 0. The van der Waals surface area contributed by atoms with E-state index in [9.17, 15) is 0 Å². The maximum Gasteiger partial charge on any atom is 0.196 e. The first-order valence-electron chi connectivity index (χ1n) is 16.4. The van der Waals surface area contributed by atoms with Gasteiger partial charge in [-0.05, 0) is 87.7 Å². The number of nitrogens with zero attached hydrogens (tertiary/aromatic N) is 3. The molecule has 5 heteroatoms. The second-order valence-corrected chi connectivity index (χ2v) is 13.1. The summed E-state index contributed by atoms with van der Waals surface area (Å²) in [6.07, 6.45) is 0. The molecule has 8 rings (SSSR count). The van der Waals surface area contributed by atoms with Crippen molar-refractivity contribution in [1.82, 2.24) is 9.55 Å². The van der Waals surface area contributed by atoms with Gasteiger partial charge in [0.25, 0.3) is 0 Å². The summed E-state index contributed by atoms with van der Waals surface area (Å²) in [4.78, 5) is 7.78. The molecule has 0 saturated carbocycles. The Hall–Kier alpha value is -4.70. The van der Waals surface area contributed by atoms with Crippen LogP contribution in [0, 0.1) is 47.6 Å². The average Bonchev–Trinajstić information content (AvgIpc) is 3.44. The molecule has 7 aromatic rings. The van der Waals surface area contributed by atoms with E-state index in [2.05, 4.69) is 172 Å². The van der Waals surface area contributed by atoms with Crippen molar-refractivity contribution in [2.75, 3.05) is 4.90 Å². The largest absolute Gasteiger partial charge is 0.333 e. The SMILES string of the molecule is Cc1cccc(C)c1B1c2ccccc2N(c2c(C)cccc2C)c2cc(-c3nc4ccccc4n3-c3c(C)cccc3C)[c-]cc21.[Ir]. The molecule has 6 aromatic carbocycles. The molecule has 0 N–H and O–H groups in total. The van der Waals surface area contributed by atoms with E-state index < -0.39 is 0 Å². The molecule has 1 aliphatic rings. The Kier molecular flexibility index (Phi) is 8.23. The number of para-hydroxylation sites is 5. The number of aryl methyl sites for hydroxylation is 6. The molecule has 3 nitrogen and oxygen atoms in total. The van der Waals surface area contributed by atoms with Gasteiger partial charge in [-0.2, -0.15) is 0 Å². The van der Waals surface area contributed by atoms with Crippen molar-refractivity contribution < 1.29 is 20.1 Å². The maximum absolute atomic E-state index is 5.29. The zero-order valence-electron chi connectivity index (χ0n) is 28.2. The topological polar surface area (TPSA) is 21.1 Å². The molecule has 1 radical (unpaired) electrons. The Bertz CT molecular complexity index is 2290. The van der Waals surface area contributed by atoms with E-state index in [0.29, 0.717) is 0 Å². The molecule has 48 heavy (non-hydrogen) atoms. The van der Waals surface area contributed by atoms with Gasteiger partial charge in [-0.25, -0.2) is 0 Å². The Balaban J connectivity index is 0.00000364. The van der Waals surface area contributed by atoms with Crippen LogP contribution in [0.1, 0.15) is 33.4 Å². The molecule has 0 saturated heterocycles. The van der Waals surface area contributed by atoms with Gasteiger partial charge in [0, 0.05) is 31.5 Å². The summed E-state index contributed by atoms with van der Waals surface area (Å²) in [6.45, 7) is 13.4. The van der Waals surface area contributed by atoms with Crippen LogP contribution in [0.2, 0.25) is 0 Å². The normalized spacial score (nSPS) is 12.1. The van der Waals surface area contributed by atoms with Crippen LogP contribution in [-0.4, -0.2) is 16.3 Å². The predicted octanol–water partition coefficient (Wildman–Crippen LogP) is 8.64. The number of aromatic nitrogens is 2. The van der Waals surface area contributed by atoms with Crippen molar-refractivity contribution in [3.63, 3.8) is 0 Å². The third-order valence-corrected chi connectivity index (χ3v) is 9.96. The van der Waals surface area contributed by atoms with E-state index in [-0.39, 0.29) is 26.8 Å². The Morgan fingerprint density at radius 1 is 0.562 bits per heavy atom. The van der Waals surface area contributed by atoms with Crippen molar-refractivity contribution >= 4 is 51.2 Å². The average molecular weight is 799 g/mol. The molecule has 1 aromatic heterocycles. The number of fused-ring (bicyclic) bond motifs is 3. The number of hydrogen-bond donors (Lipinski definition) is 0. The van der Waals surface area contributed by atoms with Crippen molar-refractivity contribution in [3.8, 4) is 17.1 Å². The molecular weight excluding hydrogens is 762 g/mol. The van der Waals surface area contributed by atoms with Crippen LogP contribution >= 0.6 is 0 Å². The number of anilines is 3. The van der Waals surface area contributed by atoms with Gasteiger partial charge in [-0.15, -0.1) is 29.2 Å². The van der Waals surface area contributed by atoms with E-state index in [0.717, 1.165) is 22.4 Å². The van der Waals surface area contributed by atoms with Gasteiger partial charge in [0.05, 0.1) is 22.5 Å². The zero-order valence-corrected chi connectivity index (χ0v) is 30.6. The third-order valence-electron chi connectivity index (χ3n) is 9.96. The molecule has 0 amide bonds. The molecule has 0 bridgehead atoms. The van der Waals surface area contributed by atoms with Gasteiger partial charge in [-0.3, -0.25) is 4.98 Å². The van der Waals surface area contributed by atoms with Crippen LogP contribution in [0.4, 0.5) is 17.1 Å². The van der Waals surface area contributed by atoms with Crippen LogP contribution in [0.3, 0.4) is 0 Å². The molecule has 237 valence electrons. The minimum absolute atomic E-state index is 0. The van der Waals surface area contributed by atoms with E-state index in [1.165, 1.54) is 72.5 Å². The van der Waals surface area contributed by atoms with Gasteiger partial charge in [-0.1, -0.05) is 107 Å². The summed E-state index contributed by atoms with van der Waals surface area (Å²) in [7, 11) is 0. The number of imidazole rings is 1. The predicted molar refractivity (Wildman–Crippen MR) is 200 cm³/mol. The standard InChI is InChI=1S/C43H37BN3.Ir/c1-27-14-11-15-28(2)40(27)44-34-20-7-9-22-37(34)46(41-29(3)16-12-17-30(41)4)39-26-33(24-25-35(39)44)43-45-36-21-8-10-23-38(36)47(43)42-31(5)18-13-19-32(42)6;/h7-23,25-26H,1-6H3;/q-1;. The van der Waals surface area contributed by atoms with Crippen molar-refractivity contribution in [2.24, 2.45) is 0 Å². The summed E-state index contributed by atoms with van der Waals surface area (Å²) in [5.41, 5.74) is 19.3. The summed E-state index contributed by atoms with van der Waals surface area (Å²) < 4.78 is 2.33. The fraction of sp³-hybridized carbons (Fsp3) is 0.140. The van der Waals surface area contributed by atoms with Gasteiger partial charge >= 0.3 is 0 Å². The molecule has 0 unspecified atom stereocenters. The van der Waals surface area contributed by atoms with E-state index in [1.54, 1.807) is 0 Å². The Labute approximate surface area is 297 Å². The summed E-state index contributed by atoms with van der Waals surface area (Å²) in [6, 6.07) is 45.5. The molecule has 2 heterocycles. The summed E-state index contributed by atoms with van der Waals surface area (Å²) in [5.74, 6) is 0.898. The summed E-state index contributed by atoms with van der Waals surface area (Å²) >= 11 is 0. The van der Waals surface area contributed by atoms with Crippen LogP contribution in [-0.2, 0) is 20.1 Å². The quantitative estimate of drug-likeness (QED) is 0.131. The minimum atomic E-state index is 0. The van der Waals surface area contributed by atoms with Crippen LogP contribution in [0.15, 0.2) is 115 Å². The maximum atomic E-state index is 5.29. The molecule has 0 fully saturated rings. The second kappa shape index (κ2) is 12.4. The first-order valence-corrected chi connectivity index (χ1v) is 16.4. The second-order valence-electron chi connectivity index (χ2n) is 13.1. The van der Waals surface area contributed by atoms with Gasteiger partial charge in [0.2, 0.25) is 0 Å². The number of benzene rings is 6. The van der Waals surface area contributed by atoms with Crippen LogP contribution in [0.5, 0.6) is 0 Å². The van der Waals surface area contributed by atoms with E-state index in [4.69, 9.17) is 4.98 Å². The minimum Gasteiger partial charge on any atom is -0.333 e. The number of rotatable bonds is 4. The van der Waals surface area contributed by atoms with Gasteiger partial charge < -0.3 is 9.47 Å². The Morgan fingerprint density at radius 3 is 1.79 bits per heavy atom. The molecular formula is C43H37BIrN3-. The molecule has 1 aliphatic heterocycles. The smallest absolute Gasteiger partial charge is 0.196 e. The van der Waals surface area contributed by atoms with Crippen molar-refractivity contribution in [3.05, 3.63) is 155 Å². The first-order chi connectivity index (χ1) is 22.8. The van der Waals surface area contributed by atoms with Gasteiger partial charge in [0.15, 0.2) is 6.71 Å². The van der Waals surface area contributed by atoms with Crippen LogP contribution < -0.4 is 21.3 Å². The number of hydrogen-bond acceptors (Lipinski definition) is 2. The van der Waals surface area contributed by atoms with Crippen molar-refractivity contribution in [1.29, 1.82) is 0 Å².